The number of halogens is 4. The van der Waals surface area contributed by atoms with Crippen molar-refractivity contribution in [3.05, 3.63) is 71.3 Å². The molecule has 3 aromatic rings. The van der Waals surface area contributed by atoms with Gasteiger partial charge in [0.15, 0.2) is 17.2 Å². The van der Waals surface area contributed by atoms with Crippen LogP contribution in [0.15, 0.2) is 54.1 Å². The van der Waals surface area contributed by atoms with Crippen LogP contribution < -0.4 is 4.74 Å². The number of nitrogens with zero attached hydrogens (tertiary/aromatic N) is 4. The molecule has 178 valence electrons. The second kappa shape index (κ2) is 8.14. The lowest BCUT2D eigenvalue weighted by Crippen LogP contribution is -2.33. The highest BCUT2D eigenvalue weighted by Crippen LogP contribution is 2.41. The molecule has 9 heteroatoms. The van der Waals surface area contributed by atoms with Gasteiger partial charge in [-0.05, 0) is 74.1 Å². The van der Waals surface area contributed by atoms with Crippen LogP contribution in [0.5, 0.6) is 5.75 Å². The largest absolute Gasteiger partial charge is 0.456 e. The minimum Gasteiger partial charge on any atom is -0.456 e. The van der Waals surface area contributed by atoms with Crippen molar-refractivity contribution >= 4 is 5.65 Å². The zero-order valence-electron chi connectivity index (χ0n) is 19.0. The molecule has 34 heavy (non-hydrogen) atoms. The van der Waals surface area contributed by atoms with Gasteiger partial charge < -0.3 is 9.64 Å². The lowest BCUT2D eigenvalue weighted by Gasteiger charge is -2.32. The minimum absolute atomic E-state index is 0.0490. The average molecular weight is 472 g/mol. The summed E-state index contributed by atoms with van der Waals surface area (Å²) in [4.78, 5) is 1.99. The lowest BCUT2D eigenvalue weighted by atomic mass is 10.0. The smallest absolute Gasteiger partial charge is 0.420 e. The van der Waals surface area contributed by atoms with E-state index in [1.54, 1.807) is 6.08 Å². The van der Waals surface area contributed by atoms with E-state index in [-0.39, 0.29) is 28.6 Å². The van der Waals surface area contributed by atoms with Gasteiger partial charge in [-0.15, -0.1) is 10.2 Å². The number of hydrogen-bond acceptors (Lipinski definition) is 4. The van der Waals surface area contributed by atoms with Crippen molar-refractivity contribution in [3.63, 3.8) is 0 Å². The van der Waals surface area contributed by atoms with E-state index in [2.05, 4.69) is 10.2 Å². The van der Waals surface area contributed by atoms with Gasteiger partial charge in [0.1, 0.15) is 17.1 Å². The fraction of sp³-hybridized carbons (Fsp3) is 0.360. The summed E-state index contributed by atoms with van der Waals surface area (Å²) >= 11 is 0. The van der Waals surface area contributed by atoms with Crippen molar-refractivity contribution in [2.24, 2.45) is 5.92 Å². The average Bonchev–Trinajstić information content (AvgIpc) is 3.52. The van der Waals surface area contributed by atoms with Gasteiger partial charge in [-0.3, -0.25) is 4.40 Å². The maximum atomic E-state index is 15.0. The third-order valence-electron chi connectivity index (χ3n) is 6.61. The van der Waals surface area contributed by atoms with Gasteiger partial charge in [0.05, 0.1) is 6.04 Å². The molecule has 0 saturated heterocycles. The Labute approximate surface area is 194 Å². The first-order valence-corrected chi connectivity index (χ1v) is 11.2. The van der Waals surface area contributed by atoms with Crippen molar-refractivity contribution in [1.29, 1.82) is 0 Å². The van der Waals surface area contributed by atoms with E-state index in [0.29, 0.717) is 23.9 Å². The monoisotopic (exact) mass is 472 g/mol. The van der Waals surface area contributed by atoms with Gasteiger partial charge in [0.2, 0.25) is 0 Å². The number of alkyl halides is 3. The number of benzene rings is 1. The fourth-order valence-corrected chi connectivity index (χ4v) is 4.20. The Balaban J connectivity index is 1.52. The fourth-order valence-electron chi connectivity index (χ4n) is 4.20. The summed E-state index contributed by atoms with van der Waals surface area (Å²) in [7, 11) is 1.90. The number of rotatable bonds is 5. The molecule has 0 radical (unpaired) electrons. The summed E-state index contributed by atoms with van der Waals surface area (Å²) in [5, 5.41) is 7.85. The van der Waals surface area contributed by atoms with E-state index in [9.17, 15) is 17.6 Å². The molecule has 1 aromatic carbocycles. The molecular formula is C25H24F4N4O. The highest BCUT2D eigenvalue weighted by atomic mass is 19.4. The van der Waals surface area contributed by atoms with Crippen LogP contribution in [0.4, 0.5) is 17.6 Å². The van der Waals surface area contributed by atoms with Crippen molar-refractivity contribution < 1.29 is 22.3 Å². The molecule has 1 atom stereocenters. The minimum atomic E-state index is -4.69. The molecule has 0 bridgehead atoms. The Bertz CT molecular complexity index is 1320. The van der Waals surface area contributed by atoms with Crippen molar-refractivity contribution in [2.45, 2.75) is 45.3 Å². The molecule has 3 heterocycles. The van der Waals surface area contributed by atoms with E-state index in [1.165, 1.54) is 28.8 Å². The normalized spacial score (nSPS) is 18.8. The highest BCUT2D eigenvalue weighted by molar-refractivity contribution is 5.75. The third-order valence-corrected chi connectivity index (χ3v) is 6.61. The summed E-state index contributed by atoms with van der Waals surface area (Å²) in [6, 6.07) is 5.09. The summed E-state index contributed by atoms with van der Waals surface area (Å²) in [5.74, 6) is 0.706. The third kappa shape index (κ3) is 4.03. The van der Waals surface area contributed by atoms with Crippen LogP contribution in [-0.4, -0.2) is 32.6 Å². The quantitative estimate of drug-likeness (QED) is 0.427. The topological polar surface area (TPSA) is 42.7 Å². The molecule has 0 amide bonds. The Morgan fingerprint density at radius 2 is 1.88 bits per heavy atom. The van der Waals surface area contributed by atoms with Crippen LogP contribution in [0.25, 0.3) is 16.8 Å². The maximum Gasteiger partial charge on any atom is 0.420 e. The summed E-state index contributed by atoms with van der Waals surface area (Å²) in [6.45, 7) is 3.88. The van der Waals surface area contributed by atoms with E-state index < -0.39 is 17.6 Å². The number of ether oxygens (including phenoxy) is 1. The second-order valence-corrected chi connectivity index (χ2v) is 8.97. The Morgan fingerprint density at radius 1 is 1.12 bits per heavy atom. The van der Waals surface area contributed by atoms with Crippen molar-refractivity contribution in [3.8, 4) is 16.9 Å². The summed E-state index contributed by atoms with van der Waals surface area (Å²) < 4.78 is 64.5. The Hall–Kier alpha value is -3.36. The molecule has 1 aliphatic heterocycles. The first-order chi connectivity index (χ1) is 16.1. The molecular weight excluding hydrogens is 448 g/mol. The number of likely N-dealkylation sites (N-methyl/N-ethyl adjacent to an activating group) is 1. The molecule has 0 N–H and O–H groups in total. The van der Waals surface area contributed by atoms with Gasteiger partial charge in [-0.25, -0.2) is 4.39 Å². The molecule has 1 unspecified atom stereocenters. The molecule has 2 aliphatic rings. The Morgan fingerprint density at radius 3 is 2.56 bits per heavy atom. The summed E-state index contributed by atoms with van der Waals surface area (Å²) in [6.07, 6.45) is 3.17. The van der Waals surface area contributed by atoms with Crippen LogP contribution in [0.3, 0.4) is 0 Å². The molecule has 5 nitrogen and oxygen atoms in total. The predicted molar refractivity (Wildman–Crippen MR) is 120 cm³/mol. The van der Waals surface area contributed by atoms with Gasteiger partial charge in [-0.1, -0.05) is 6.07 Å². The number of allylic oxidation sites excluding steroid dienone is 3. The molecule has 1 saturated carbocycles. The van der Waals surface area contributed by atoms with E-state index >= 15 is 0 Å². The van der Waals surface area contributed by atoms with E-state index in [4.69, 9.17) is 4.74 Å². The zero-order chi connectivity index (χ0) is 24.2. The molecule has 2 aromatic heterocycles. The molecule has 1 aliphatic carbocycles. The van der Waals surface area contributed by atoms with Gasteiger partial charge in [0.25, 0.3) is 0 Å². The van der Waals surface area contributed by atoms with Gasteiger partial charge >= 0.3 is 6.18 Å². The van der Waals surface area contributed by atoms with Crippen molar-refractivity contribution in [2.75, 3.05) is 7.05 Å². The summed E-state index contributed by atoms with van der Waals surface area (Å²) in [5.41, 5.74) is -0.222. The van der Waals surface area contributed by atoms with Gasteiger partial charge in [0, 0.05) is 25.4 Å². The number of aromatic nitrogens is 3. The Kier molecular flexibility index (Phi) is 5.37. The SMILES string of the molecule is CC1=CC=C(Oc2ccc(-c3ccn4c(CC5CC5)nnc4c3C(F)(F)F)cc2F)C(C)N1C. The first kappa shape index (κ1) is 22.4. The zero-order valence-corrected chi connectivity index (χ0v) is 19.0. The van der Waals surface area contributed by atoms with E-state index in [0.717, 1.165) is 24.6 Å². The molecule has 5 rings (SSSR count). The first-order valence-electron chi connectivity index (χ1n) is 11.2. The number of fused-ring (bicyclic) bond motifs is 1. The van der Waals surface area contributed by atoms with Crippen molar-refractivity contribution in [1.82, 2.24) is 19.5 Å². The highest BCUT2D eigenvalue weighted by Gasteiger charge is 2.38. The lowest BCUT2D eigenvalue weighted by molar-refractivity contribution is -0.136. The maximum absolute atomic E-state index is 15.0. The van der Waals surface area contributed by atoms with Crippen LogP contribution in [0.1, 0.15) is 38.1 Å². The standard InChI is InChI=1S/C25H24F4N4O/c1-14-4-8-20(15(2)32(14)3)34-21-9-7-17(13-19(21)26)18-10-11-33-22(12-16-5-6-16)30-31-24(33)23(18)25(27,28)29/h4,7-11,13,15-16H,5-6,12H2,1-3H3. The van der Waals surface area contributed by atoms with Crippen LogP contribution >= 0.6 is 0 Å². The molecule has 1 fully saturated rings. The number of hydrogen-bond donors (Lipinski definition) is 0. The van der Waals surface area contributed by atoms with Crippen LogP contribution in [-0.2, 0) is 12.6 Å². The number of pyridine rings is 1. The van der Waals surface area contributed by atoms with E-state index in [1.807, 2.05) is 31.9 Å². The predicted octanol–water partition coefficient (Wildman–Crippen LogP) is 6.01. The van der Waals surface area contributed by atoms with Crippen LogP contribution in [0.2, 0.25) is 0 Å². The van der Waals surface area contributed by atoms with Gasteiger partial charge in [-0.2, -0.15) is 13.2 Å². The second-order valence-electron chi connectivity index (χ2n) is 8.97. The molecule has 0 spiro atoms. The van der Waals surface area contributed by atoms with Crippen LogP contribution in [0, 0.1) is 11.7 Å².